The molecule has 25 heavy (non-hydrogen) atoms. The summed E-state index contributed by atoms with van der Waals surface area (Å²) in [7, 11) is 0. The SMILES string of the molecule is CCn1c2ccccc2c2cc(C=Nc3ccc(C)c(Br)c3)ccc21. The summed E-state index contributed by atoms with van der Waals surface area (Å²) in [5, 5.41) is 2.58. The molecule has 1 heterocycles. The largest absolute Gasteiger partial charge is 0.341 e. The summed E-state index contributed by atoms with van der Waals surface area (Å²) < 4.78 is 3.45. The van der Waals surface area contributed by atoms with Crippen LogP contribution in [0, 0.1) is 6.92 Å². The molecule has 0 fully saturated rings. The van der Waals surface area contributed by atoms with Crippen LogP contribution in [0.2, 0.25) is 0 Å². The lowest BCUT2D eigenvalue weighted by atomic mass is 10.1. The molecule has 0 N–H and O–H groups in total. The minimum Gasteiger partial charge on any atom is -0.341 e. The van der Waals surface area contributed by atoms with Gasteiger partial charge in [-0.2, -0.15) is 0 Å². The number of nitrogens with zero attached hydrogens (tertiary/aromatic N) is 2. The predicted octanol–water partition coefficient (Wildman–Crippen LogP) is 6.64. The van der Waals surface area contributed by atoms with Crippen molar-refractivity contribution in [1.82, 2.24) is 4.57 Å². The van der Waals surface area contributed by atoms with Gasteiger partial charge >= 0.3 is 0 Å². The van der Waals surface area contributed by atoms with Gasteiger partial charge in [0.2, 0.25) is 0 Å². The van der Waals surface area contributed by atoms with E-state index in [4.69, 9.17) is 0 Å². The Morgan fingerprint density at radius 1 is 0.960 bits per heavy atom. The van der Waals surface area contributed by atoms with Crippen LogP contribution in [0.5, 0.6) is 0 Å². The summed E-state index contributed by atoms with van der Waals surface area (Å²) in [6.45, 7) is 5.24. The minimum atomic E-state index is 0.952. The van der Waals surface area contributed by atoms with E-state index >= 15 is 0 Å². The number of para-hydroxylation sites is 1. The highest BCUT2D eigenvalue weighted by Crippen LogP contribution is 2.29. The molecule has 4 rings (SSSR count). The van der Waals surface area contributed by atoms with E-state index in [1.165, 1.54) is 27.4 Å². The Kier molecular flexibility index (Phi) is 4.18. The molecule has 0 atom stereocenters. The van der Waals surface area contributed by atoms with Crippen LogP contribution in [0.25, 0.3) is 21.8 Å². The lowest BCUT2D eigenvalue weighted by molar-refractivity contribution is 0.827. The number of hydrogen-bond donors (Lipinski definition) is 0. The van der Waals surface area contributed by atoms with Crippen LogP contribution in [0.4, 0.5) is 5.69 Å². The minimum absolute atomic E-state index is 0.952. The molecule has 0 unspecified atom stereocenters. The van der Waals surface area contributed by atoms with E-state index in [9.17, 15) is 0 Å². The van der Waals surface area contributed by atoms with Gasteiger partial charge in [-0.1, -0.05) is 46.3 Å². The molecule has 0 aliphatic rings. The van der Waals surface area contributed by atoms with Crippen LogP contribution in [0.1, 0.15) is 18.1 Å². The number of hydrogen-bond acceptors (Lipinski definition) is 1. The first-order valence-corrected chi connectivity index (χ1v) is 9.28. The molecule has 4 aromatic rings. The van der Waals surface area contributed by atoms with Gasteiger partial charge in [-0.25, -0.2) is 0 Å². The topological polar surface area (TPSA) is 17.3 Å². The van der Waals surface area contributed by atoms with Gasteiger partial charge in [0, 0.05) is 39.0 Å². The van der Waals surface area contributed by atoms with E-state index in [0.29, 0.717) is 0 Å². The second-order valence-electron chi connectivity index (χ2n) is 6.23. The van der Waals surface area contributed by atoms with Crippen molar-refractivity contribution in [2.75, 3.05) is 0 Å². The van der Waals surface area contributed by atoms with Gasteiger partial charge < -0.3 is 4.57 Å². The van der Waals surface area contributed by atoms with E-state index < -0.39 is 0 Å². The molecule has 0 amide bonds. The van der Waals surface area contributed by atoms with Gasteiger partial charge in [0.05, 0.1) is 5.69 Å². The fourth-order valence-electron chi connectivity index (χ4n) is 3.30. The zero-order valence-electron chi connectivity index (χ0n) is 14.3. The number of rotatable bonds is 3. The van der Waals surface area contributed by atoms with Gasteiger partial charge in [0.1, 0.15) is 0 Å². The van der Waals surface area contributed by atoms with E-state index in [0.717, 1.165) is 22.3 Å². The third kappa shape index (κ3) is 2.89. The Morgan fingerprint density at radius 3 is 2.56 bits per heavy atom. The molecule has 0 radical (unpaired) electrons. The van der Waals surface area contributed by atoms with Crippen LogP contribution >= 0.6 is 15.9 Å². The van der Waals surface area contributed by atoms with Crippen molar-refractivity contribution < 1.29 is 0 Å². The van der Waals surface area contributed by atoms with Gasteiger partial charge in [0.15, 0.2) is 0 Å². The smallest absolute Gasteiger partial charge is 0.0641 e. The van der Waals surface area contributed by atoms with E-state index in [2.05, 4.69) is 87.9 Å². The Bertz CT molecular complexity index is 1110. The summed E-state index contributed by atoms with van der Waals surface area (Å²) in [4.78, 5) is 4.63. The highest BCUT2D eigenvalue weighted by atomic mass is 79.9. The van der Waals surface area contributed by atoms with Crippen LogP contribution in [-0.4, -0.2) is 10.8 Å². The molecule has 0 aliphatic heterocycles. The Hall–Kier alpha value is -2.39. The van der Waals surface area contributed by atoms with E-state index in [1.54, 1.807) is 0 Å². The van der Waals surface area contributed by atoms with Crippen molar-refractivity contribution in [3.05, 3.63) is 76.3 Å². The molecule has 3 heteroatoms. The average Bonchev–Trinajstić information content (AvgIpc) is 2.96. The fraction of sp³-hybridized carbons (Fsp3) is 0.136. The zero-order chi connectivity index (χ0) is 17.4. The normalized spacial score (nSPS) is 11.8. The number of benzene rings is 3. The maximum absolute atomic E-state index is 4.63. The second kappa shape index (κ2) is 6.49. The first-order chi connectivity index (χ1) is 12.2. The lowest BCUT2D eigenvalue weighted by Gasteiger charge is -2.03. The lowest BCUT2D eigenvalue weighted by Crippen LogP contribution is -1.92. The average molecular weight is 391 g/mol. The summed E-state index contributed by atoms with van der Waals surface area (Å²) in [6, 6.07) is 21.3. The maximum atomic E-state index is 4.63. The van der Waals surface area contributed by atoms with Crippen molar-refractivity contribution in [1.29, 1.82) is 0 Å². The fourth-order valence-corrected chi connectivity index (χ4v) is 3.67. The van der Waals surface area contributed by atoms with Crippen molar-refractivity contribution in [2.24, 2.45) is 4.99 Å². The summed E-state index contributed by atoms with van der Waals surface area (Å²) in [6.07, 6.45) is 1.94. The number of halogens is 1. The van der Waals surface area contributed by atoms with Gasteiger partial charge in [-0.3, -0.25) is 4.99 Å². The third-order valence-electron chi connectivity index (χ3n) is 4.63. The molecule has 0 spiro atoms. The van der Waals surface area contributed by atoms with Gasteiger partial charge in [-0.05, 0) is 55.3 Å². The first-order valence-electron chi connectivity index (χ1n) is 8.48. The molecular formula is C22H19BrN2. The molecule has 0 saturated carbocycles. The monoisotopic (exact) mass is 390 g/mol. The number of aliphatic imine (C=N–C) groups is 1. The third-order valence-corrected chi connectivity index (χ3v) is 5.49. The Morgan fingerprint density at radius 2 is 1.76 bits per heavy atom. The maximum Gasteiger partial charge on any atom is 0.0641 e. The van der Waals surface area contributed by atoms with Crippen molar-refractivity contribution in [3.63, 3.8) is 0 Å². The molecule has 124 valence electrons. The number of aromatic nitrogens is 1. The molecule has 0 saturated heterocycles. The predicted molar refractivity (Wildman–Crippen MR) is 111 cm³/mol. The van der Waals surface area contributed by atoms with Crippen molar-refractivity contribution in [2.45, 2.75) is 20.4 Å². The second-order valence-corrected chi connectivity index (χ2v) is 7.08. The van der Waals surface area contributed by atoms with Gasteiger partial charge in [0.25, 0.3) is 0 Å². The Balaban J connectivity index is 1.79. The van der Waals surface area contributed by atoms with Crippen LogP contribution in [0.15, 0.2) is 70.1 Å². The molecule has 1 aromatic heterocycles. The molecule has 2 nitrogen and oxygen atoms in total. The standard InChI is InChI=1S/C22H19BrN2/c1-3-25-21-7-5-4-6-18(21)19-12-16(9-11-22(19)25)14-24-17-10-8-15(2)20(23)13-17/h4-14H,3H2,1-2H3. The Labute approximate surface area is 155 Å². The van der Waals surface area contributed by atoms with Gasteiger partial charge in [-0.15, -0.1) is 0 Å². The van der Waals surface area contributed by atoms with Crippen LogP contribution < -0.4 is 0 Å². The van der Waals surface area contributed by atoms with E-state index in [1.807, 2.05) is 18.3 Å². The van der Waals surface area contributed by atoms with E-state index in [-0.39, 0.29) is 0 Å². The van der Waals surface area contributed by atoms with Crippen LogP contribution in [-0.2, 0) is 6.54 Å². The van der Waals surface area contributed by atoms with Crippen LogP contribution in [0.3, 0.4) is 0 Å². The number of aryl methyl sites for hydroxylation is 2. The summed E-state index contributed by atoms with van der Waals surface area (Å²) in [5.41, 5.74) is 5.85. The quantitative estimate of drug-likeness (QED) is 0.349. The molecular weight excluding hydrogens is 372 g/mol. The van der Waals surface area contributed by atoms with Crippen molar-refractivity contribution in [3.8, 4) is 0 Å². The number of fused-ring (bicyclic) bond motifs is 3. The first kappa shape index (κ1) is 16.1. The molecule has 3 aromatic carbocycles. The highest BCUT2D eigenvalue weighted by Gasteiger charge is 2.09. The molecule has 0 aliphatic carbocycles. The molecule has 0 bridgehead atoms. The summed E-state index contributed by atoms with van der Waals surface area (Å²) >= 11 is 3.57. The highest BCUT2D eigenvalue weighted by molar-refractivity contribution is 9.10. The van der Waals surface area contributed by atoms with Crippen molar-refractivity contribution >= 4 is 49.6 Å². The zero-order valence-corrected chi connectivity index (χ0v) is 15.9. The summed E-state index contributed by atoms with van der Waals surface area (Å²) in [5.74, 6) is 0.